The molecule has 1 fully saturated rings. The van der Waals surface area contributed by atoms with Crippen LogP contribution >= 0.6 is 35.6 Å². The number of rotatable bonds is 8. The predicted octanol–water partition coefficient (Wildman–Crippen LogP) is 7.60. The van der Waals surface area contributed by atoms with Gasteiger partial charge in [-0.15, -0.1) is 12.4 Å². The van der Waals surface area contributed by atoms with E-state index in [2.05, 4.69) is 11.4 Å². The van der Waals surface area contributed by atoms with Gasteiger partial charge in [-0.1, -0.05) is 73.5 Å². The van der Waals surface area contributed by atoms with Crippen molar-refractivity contribution in [3.63, 3.8) is 0 Å². The van der Waals surface area contributed by atoms with Gasteiger partial charge in [0.05, 0.1) is 6.61 Å². The van der Waals surface area contributed by atoms with Crippen molar-refractivity contribution < 1.29 is 9.47 Å². The van der Waals surface area contributed by atoms with Crippen LogP contribution in [0.4, 0.5) is 0 Å². The maximum atomic E-state index is 6.32. The van der Waals surface area contributed by atoms with Crippen molar-refractivity contribution in [2.45, 2.75) is 71.1 Å². The molecule has 3 rings (SSSR count). The lowest BCUT2D eigenvalue weighted by Crippen LogP contribution is -2.29. The number of halogens is 3. The molecule has 0 radical (unpaired) electrons. The molecule has 2 aromatic rings. The summed E-state index contributed by atoms with van der Waals surface area (Å²) in [6, 6.07) is 12.1. The second-order valence-electron chi connectivity index (χ2n) is 7.62. The number of hydrogen-bond acceptors (Lipinski definition) is 3. The van der Waals surface area contributed by atoms with Crippen molar-refractivity contribution in [1.82, 2.24) is 5.32 Å². The minimum absolute atomic E-state index is 0. The van der Waals surface area contributed by atoms with E-state index in [9.17, 15) is 0 Å². The fourth-order valence-corrected chi connectivity index (χ4v) is 4.30. The van der Waals surface area contributed by atoms with Gasteiger partial charge in [0.25, 0.3) is 0 Å². The molecule has 0 bridgehead atoms. The quantitative estimate of drug-likeness (QED) is 0.429. The molecule has 0 unspecified atom stereocenters. The van der Waals surface area contributed by atoms with Gasteiger partial charge in [0, 0.05) is 33.8 Å². The van der Waals surface area contributed by atoms with E-state index in [1.165, 1.54) is 44.9 Å². The van der Waals surface area contributed by atoms with Crippen LogP contribution in [-0.4, -0.2) is 12.6 Å². The van der Waals surface area contributed by atoms with E-state index in [0.717, 1.165) is 29.2 Å². The molecule has 1 N–H and O–H groups in total. The van der Waals surface area contributed by atoms with Crippen LogP contribution in [0, 0.1) is 0 Å². The van der Waals surface area contributed by atoms with E-state index in [1.807, 2.05) is 31.2 Å². The van der Waals surface area contributed by atoms with Gasteiger partial charge in [-0.05, 0) is 38.0 Å². The third kappa shape index (κ3) is 7.53. The van der Waals surface area contributed by atoms with E-state index in [-0.39, 0.29) is 12.4 Å². The molecule has 3 nitrogen and oxygen atoms in total. The summed E-state index contributed by atoms with van der Waals surface area (Å²) in [6.45, 7) is 3.72. The van der Waals surface area contributed by atoms with Gasteiger partial charge in [0.15, 0.2) is 11.5 Å². The Labute approximate surface area is 196 Å². The molecule has 0 aromatic heterocycles. The van der Waals surface area contributed by atoms with Crippen molar-refractivity contribution in [3.8, 4) is 11.5 Å². The zero-order valence-electron chi connectivity index (χ0n) is 17.6. The van der Waals surface area contributed by atoms with Gasteiger partial charge < -0.3 is 14.8 Å². The van der Waals surface area contributed by atoms with Gasteiger partial charge in [0.1, 0.15) is 6.61 Å². The maximum absolute atomic E-state index is 6.32. The van der Waals surface area contributed by atoms with Crippen molar-refractivity contribution >= 4 is 35.6 Å². The van der Waals surface area contributed by atoms with E-state index < -0.39 is 0 Å². The van der Waals surface area contributed by atoms with E-state index >= 15 is 0 Å². The summed E-state index contributed by atoms with van der Waals surface area (Å²) in [5, 5.41) is 4.99. The third-order valence-corrected chi connectivity index (χ3v) is 6.02. The van der Waals surface area contributed by atoms with Crippen LogP contribution in [0.15, 0.2) is 36.4 Å². The van der Waals surface area contributed by atoms with Crippen LogP contribution in [0.5, 0.6) is 11.5 Å². The Balaban J connectivity index is 0.00000320. The Morgan fingerprint density at radius 2 is 1.67 bits per heavy atom. The van der Waals surface area contributed by atoms with Crippen molar-refractivity contribution in [3.05, 3.63) is 57.6 Å². The lowest BCUT2D eigenvalue weighted by Gasteiger charge is -2.22. The summed E-state index contributed by atoms with van der Waals surface area (Å²) in [6.07, 6.45) is 9.23. The maximum Gasteiger partial charge on any atom is 0.166 e. The highest BCUT2D eigenvalue weighted by molar-refractivity contribution is 6.35. The molecule has 0 saturated heterocycles. The highest BCUT2D eigenvalue weighted by Crippen LogP contribution is 2.33. The van der Waals surface area contributed by atoms with Crippen LogP contribution in [-0.2, 0) is 13.2 Å². The summed E-state index contributed by atoms with van der Waals surface area (Å²) in [7, 11) is 0. The lowest BCUT2D eigenvalue weighted by atomic mass is 9.96. The summed E-state index contributed by atoms with van der Waals surface area (Å²) in [4.78, 5) is 0. The molecule has 1 aliphatic carbocycles. The van der Waals surface area contributed by atoms with Gasteiger partial charge >= 0.3 is 0 Å². The smallest absolute Gasteiger partial charge is 0.166 e. The summed E-state index contributed by atoms with van der Waals surface area (Å²) in [5.74, 6) is 1.56. The molecule has 1 aliphatic rings. The van der Waals surface area contributed by atoms with Gasteiger partial charge in [0.2, 0.25) is 0 Å². The number of nitrogens with one attached hydrogen (secondary N) is 1. The number of benzene rings is 2. The minimum atomic E-state index is 0. The highest BCUT2D eigenvalue weighted by atomic mass is 35.5. The minimum Gasteiger partial charge on any atom is -0.490 e. The molecule has 1 saturated carbocycles. The number of hydrogen-bond donors (Lipinski definition) is 1. The van der Waals surface area contributed by atoms with Crippen LogP contribution in [0.3, 0.4) is 0 Å². The second-order valence-corrected chi connectivity index (χ2v) is 8.47. The van der Waals surface area contributed by atoms with E-state index in [1.54, 1.807) is 6.07 Å². The Morgan fingerprint density at radius 1 is 0.933 bits per heavy atom. The lowest BCUT2D eigenvalue weighted by molar-refractivity contribution is 0.265. The molecule has 0 spiro atoms. The molecule has 166 valence electrons. The molecular formula is C24H32Cl3NO2. The molecule has 2 aromatic carbocycles. The van der Waals surface area contributed by atoms with Crippen molar-refractivity contribution in [1.29, 1.82) is 0 Å². The summed E-state index contributed by atoms with van der Waals surface area (Å²) in [5.41, 5.74) is 2.02. The standard InChI is InChI=1S/C24H31Cl2NO2.ClH/c1-2-28-23-12-8-9-18(16-27-21-10-6-4-3-5-7-11-21)24(23)29-17-19-13-14-20(25)15-22(19)26;/h8-9,12-15,21,27H,2-7,10-11,16-17H2,1H3;1H. The van der Waals surface area contributed by atoms with E-state index in [4.69, 9.17) is 32.7 Å². The molecule has 0 atom stereocenters. The SMILES string of the molecule is CCOc1cccc(CNC2CCCCCCC2)c1OCc1ccc(Cl)cc1Cl.Cl. The molecule has 6 heteroatoms. The highest BCUT2D eigenvalue weighted by Gasteiger charge is 2.15. The normalized spacial score (nSPS) is 15.0. The molecular weight excluding hydrogens is 441 g/mol. The Bertz CT molecular complexity index is 777. The number of ether oxygens (including phenoxy) is 2. The number of para-hydroxylation sites is 1. The zero-order chi connectivity index (χ0) is 20.5. The first-order chi connectivity index (χ1) is 14.2. The summed E-state index contributed by atoms with van der Waals surface area (Å²) < 4.78 is 12.1. The first kappa shape index (κ1) is 25.1. The van der Waals surface area contributed by atoms with Crippen LogP contribution < -0.4 is 14.8 Å². The Hall–Kier alpha value is -1.13. The van der Waals surface area contributed by atoms with Gasteiger partial charge in [-0.25, -0.2) is 0 Å². The Morgan fingerprint density at radius 3 is 2.37 bits per heavy atom. The van der Waals surface area contributed by atoms with Crippen LogP contribution in [0.25, 0.3) is 0 Å². The average molecular weight is 473 g/mol. The van der Waals surface area contributed by atoms with Gasteiger partial charge in [-0.3, -0.25) is 0 Å². The predicted molar refractivity (Wildman–Crippen MR) is 129 cm³/mol. The van der Waals surface area contributed by atoms with Gasteiger partial charge in [-0.2, -0.15) is 0 Å². The average Bonchev–Trinajstić information content (AvgIpc) is 2.68. The third-order valence-electron chi connectivity index (χ3n) is 5.43. The molecule has 0 heterocycles. The molecule has 30 heavy (non-hydrogen) atoms. The van der Waals surface area contributed by atoms with Crippen molar-refractivity contribution in [2.75, 3.05) is 6.61 Å². The van der Waals surface area contributed by atoms with Crippen LogP contribution in [0.1, 0.15) is 63.0 Å². The second kappa shape index (κ2) is 13.3. The fourth-order valence-electron chi connectivity index (χ4n) is 3.84. The largest absolute Gasteiger partial charge is 0.490 e. The van der Waals surface area contributed by atoms with Crippen molar-refractivity contribution in [2.24, 2.45) is 0 Å². The Kier molecular flexibility index (Phi) is 11.2. The van der Waals surface area contributed by atoms with Crippen LogP contribution in [0.2, 0.25) is 10.0 Å². The summed E-state index contributed by atoms with van der Waals surface area (Å²) >= 11 is 12.3. The molecule has 0 aliphatic heterocycles. The zero-order valence-corrected chi connectivity index (χ0v) is 19.9. The van der Waals surface area contributed by atoms with E-state index in [0.29, 0.717) is 29.3 Å². The first-order valence-corrected chi connectivity index (χ1v) is 11.5. The monoisotopic (exact) mass is 471 g/mol. The topological polar surface area (TPSA) is 30.5 Å². The first-order valence-electron chi connectivity index (χ1n) is 10.7. The molecule has 0 amide bonds. The fraction of sp³-hybridized carbons (Fsp3) is 0.500.